The topological polar surface area (TPSA) is 65.4 Å². The molecule has 5 rings (SSSR count). The summed E-state index contributed by atoms with van der Waals surface area (Å²) in [6, 6.07) is 16.6. The van der Waals surface area contributed by atoms with Crippen molar-refractivity contribution in [2.75, 3.05) is 0 Å². The van der Waals surface area contributed by atoms with Gasteiger partial charge in [-0.3, -0.25) is 0 Å². The van der Waals surface area contributed by atoms with E-state index in [4.69, 9.17) is 9.47 Å². The molecule has 6 nitrogen and oxygen atoms in total. The van der Waals surface area contributed by atoms with E-state index in [1.165, 1.54) is 5.56 Å². The molecule has 2 aromatic carbocycles. The van der Waals surface area contributed by atoms with Crippen molar-refractivity contribution in [3.63, 3.8) is 0 Å². The summed E-state index contributed by atoms with van der Waals surface area (Å²) >= 11 is 0. The molecule has 0 amide bonds. The molecule has 0 spiro atoms. The Morgan fingerprint density at radius 3 is 2.81 bits per heavy atom. The second kappa shape index (κ2) is 6.16. The standard InChI is InChI=1S/C21H22N4O2/c1-21(2)19-18(26-19)16-13-15(10-11-17(16)27-21)20-22-23-24-25(20)12-6-9-14-7-4-3-5-8-14/h3-5,7-8,10-11,13,18-19H,6,9,12H2,1-2H3. The van der Waals surface area contributed by atoms with E-state index in [1.54, 1.807) is 0 Å². The van der Waals surface area contributed by atoms with Crippen LogP contribution < -0.4 is 4.74 Å². The van der Waals surface area contributed by atoms with E-state index in [-0.39, 0.29) is 17.8 Å². The van der Waals surface area contributed by atoms with Crippen molar-refractivity contribution in [1.82, 2.24) is 20.2 Å². The molecule has 2 atom stereocenters. The fourth-order valence-corrected chi connectivity index (χ4v) is 3.86. The van der Waals surface area contributed by atoms with Crippen LogP contribution in [0.2, 0.25) is 0 Å². The van der Waals surface area contributed by atoms with E-state index in [0.29, 0.717) is 0 Å². The number of nitrogens with zero attached hydrogens (tertiary/aromatic N) is 4. The average Bonchev–Trinajstić information content (AvgIpc) is 3.36. The minimum atomic E-state index is -0.280. The normalized spacial score (nSPS) is 21.9. The lowest BCUT2D eigenvalue weighted by molar-refractivity contribution is 0.0725. The Morgan fingerprint density at radius 1 is 1.11 bits per heavy atom. The van der Waals surface area contributed by atoms with Gasteiger partial charge in [0.2, 0.25) is 0 Å². The van der Waals surface area contributed by atoms with Crippen LogP contribution in [0.3, 0.4) is 0 Å². The van der Waals surface area contributed by atoms with Gasteiger partial charge in [-0.15, -0.1) is 5.10 Å². The Kier molecular flexibility index (Phi) is 3.75. The van der Waals surface area contributed by atoms with Crippen LogP contribution in [-0.4, -0.2) is 31.9 Å². The minimum absolute atomic E-state index is 0.117. The van der Waals surface area contributed by atoms with Gasteiger partial charge in [0, 0.05) is 17.7 Å². The van der Waals surface area contributed by atoms with Crippen LogP contribution in [0.1, 0.15) is 37.5 Å². The number of epoxide rings is 1. The molecule has 138 valence electrons. The largest absolute Gasteiger partial charge is 0.485 e. The number of ether oxygens (including phenoxy) is 2. The van der Waals surface area contributed by atoms with E-state index in [9.17, 15) is 0 Å². The highest BCUT2D eigenvalue weighted by atomic mass is 16.6. The van der Waals surface area contributed by atoms with Crippen molar-refractivity contribution >= 4 is 0 Å². The molecule has 1 fully saturated rings. The van der Waals surface area contributed by atoms with Crippen LogP contribution in [0.4, 0.5) is 0 Å². The highest BCUT2D eigenvalue weighted by Gasteiger charge is 2.56. The molecule has 1 saturated heterocycles. The molecule has 27 heavy (non-hydrogen) atoms. The summed E-state index contributed by atoms with van der Waals surface area (Å²) in [5.41, 5.74) is 3.14. The first kappa shape index (κ1) is 16.4. The summed E-state index contributed by atoms with van der Waals surface area (Å²) in [5.74, 6) is 1.68. The maximum atomic E-state index is 6.11. The lowest BCUT2D eigenvalue weighted by Gasteiger charge is -2.29. The Bertz CT molecular complexity index is 967. The zero-order chi connectivity index (χ0) is 18.4. The van der Waals surface area contributed by atoms with E-state index in [0.717, 1.165) is 42.1 Å². The summed E-state index contributed by atoms with van der Waals surface area (Å²) in [7, 11) is 0. The number of hydrogen-bond acceptors (Lipinski definition) is 5. The fourth-order valence-electron chi connectivity index (χ4n) is 3.86. The first-order valence-corrected chi connectivity index (χ1v) is 9.41. The summed E-state index contributed by atoms with van der Waals surface area (Å²) < 4.78 is 13.8. The first-order chi connectivity index (χ1) is 13.1. The van der Waals surface area contributed by atoms with Gasteiger partial charge in [-0.1, -0.05) is 30.3 Å². The molecular weight excluding hydrogens is 340 g/mol. The number of rotatable bonds is 5. The third-order valence-corrected chi connectivity index (χ3v) is 5.33. The van der Waals surface area contributed by atoms with Gasteiger partial charge in [0.05, 0.1) is 0 Å². The number of hydrogen-bond donors (Lipinski definition) is 0. The van der Waals surface area contributed by atoms with Crippen LogP contribution in [0.5, 0.6) is 5.75 Å². The third-order valence-electron chi connectivity index (χ3n) is 5.33. The Labute approximate surface area is 158 Å². The molecule has 2 aliphatic heterocycles. The van der Waals surface area contributed by atoms with E-state index in [1.807, 2.05) is 22.9 Å². The van der Waals surface area contributed by atoms with Crippen molar-refractivity contribution in [3.05, 3.63) is 59.7 Å². The lowest BCUT2D eigenvalue weighted by atomic mass is 9.93. The zero-order valence-electron chi connectivity index (χ0n) is 15.5. The molecule has 3 heterocycles. The third kappa shape index (κ3) is 3.00. The number of aromatic nitrogens is 4. The Morgan fingerprint density at radius 2 is 1.96 bits per heavy atom. The van der Waals surface area contributed by atoms with Crippen molar-refractivity contribution in [2.24, 2.45) is 0 Å². The highest BCUT2D eigenvalue weighted by Crippen LogP contribution is 2.54. The van der Waals surface area contributed by atoms with Gasteiger partial charge in [-0.2, -0.15) is 0 Å². The number of aryl methyl sites for hydroxylation is 2. The average molecular weight is 362 g/mol. The van der Waals surface area contributed by atoms with Crippen molar-refractivity contribution in [3.8, 4) is 17.1 Å². The number of tetrazole rings is 1. The smallest absolute Gasteiger partial charge is 0.182 e. The van der Waals surface area contributed by atoms with E-state index >= 15 is 0 Å². The molecule has 0 radical (unpaired) electrons. The molecular formula is C21H22N4O2. The fraction of sp³-hybridized carbons (Fsp3) is 0.381. The van der Waals surface area contributed by atoms with Gasteiger partial charge in [0.15, 0.2) is 5.82 Å². The van der Waals surface area contributed by atoms with E-state index in [2.05, 4.69) is 59.7 Å². The predicted molar refractivity (Wildman–Crippen MR) is 100 cm³/mol. The van der Waals surface area contributed by atoms with Gasteiger partial charge in [-0.05, 0) is 60.9 Å². The summed E-state index contributed by atoms with van der Waals surface area (Å²) in [6.45, 7) is 4.92. The van der Waals surface area contributed by atoms with Gasteiger partial charge >= 0.3 is 0 Å². The summed E-state index contributed by atoms with van der Waals surface area (Å²) in [5, 5.41) is 12.3. The Balaban J connectivity index is 1.35. The minimum Gasteiger partial charge on any atom is -0.485 e. The lowest BCUT2D eigenvalue weighted by Crippen LogP contribution is -2.37. The number of benzene rings is 2. The van der Waals surface area contributed by atoms with Crippen LogP contribution in [0.25, 0.3) is 11.4 Å². The maximum Gasteiger partial charge on any atom is 0.182 e. The zero-order valence-corrected chi connectivity index (χ0v) is 15.5. The Hall–Kier alpha value is -2.73. The molecule has 2 unspecified atom stereocenters. The molecule has 0 N–H and O–H groups in total. The highest BCUT2D eigenvalue weighted by molar-refractivity contribution is 5.60. The van der Waals surface area contributed by atoms with Gasteiger partial charge < -0.3 is 9.47 Å². The first-order valence-electron chi connectivity index (χ1n) is 9.41. The van der Waals surface area contributed by atoms with Crippen molar-refractivity contribution in [1.29, 1.82) is 0 Å². The molecule has 2 aliphatic rings. The van der Waals surface area contributed by atoms with E-state index < -0.39 is 0 Å². The molecule has 0 bridgehead atoms. The van der Waals surface area contributed by atoms with Crippen LogP contribution >= 0.6 is 0 Å². The number of fused-ring (bicyclic) bond motifs is 3. The molecule has 6 heteroatoms. The monoisotopic (exact) mass is 362 g/mol. The van der Waals surface area contributed by atoms with Crippen molar-refractivity contribution in [2.45, 2.75) is 51.0 Å². The molecule has 0 aliphatic carbocycles. The summed E-state index contributed by atoms with van der Waals surface area (Å²) in [4.78, 5) is 0. The quantitative estimate of drug-likeness (QED) is 0.649. The SMILES string of the molecule is CC1(C)Oc2ccc(-c3nnnn3CCCc3ccccc3)cc2C2OC21. The van der Waals surface area contributed by atoms with Crippen molar-refractivity contribution < 1.29 is 9.47 Å². The predicted octanol–water partition coefficient (Wildman–Crippen LogP) is 3.58. The molecule has 3 aromatic rings. The van der Waals surface area contributed by atoms with Gasteiger partial charge in [-0.25, -0.2) is 4.68 Å². The van der Waals surface area contributed by atoms with Gasteiger partial charge in [0.25, 0.3) is 0 Å². The summed E-state index contributed by atoms with van der Waals surface area (Å²) in [6.07, 6.45) is 2.23. The second-order valence-corrected chi connectivity index (χ2v) is 7.75. The molecule has 1 aromatic heterocycles. The van der Waals surface area contributed by atoms with Crippen LogP contribution in [0.15, 0.2) is 48.5 Å². The van der Waals surface area contributed by atoms with Gasteiger partial charge in [0.1, 0.15) is 23.6 Å². The van der Waals surface area contributed by atoms with Crippen LogP contribution in [-0.2, 0) is 17.7 Å². The molecule has 0 saturated carbocycles. The van der Waals surface area contributed by atoms with Crippen LogP contribution in [0, 0.1) is 0 Å². The maximum absolute atomic E-state index is 6.11. The second-order valence-electron chi connectivity index (χ2n) is 7.75.